The highest BCUT2D eigenvalue weighted by Crippen LogP contribution is 2.65. The summed E-state index contributed by atoms with van der Waals surface area (Å²) in [6.07, 6.45) is 4.92. The van der Waals surface area contributed by atoms with Gasteiger partial charge in [-0.05, 0) is 53.8 Å². The van der Waals surface area contributed by atoms with Crippen LogP contribution in [-0.4, -0.2) is 91.9 Å². The quantitative estimate of drug-likeness (QED) is 0.121. The van der Waals surface area contributed by atoms with E-state index in [4.69, 9.17) is 0 Å². The van der Waals surface area contributed by atoms with E-state index in [1.807, 2.05) is 34.6 Å². The molecule has 1 aliphatic heterocycles. The molecule has 264 valence electrons. The van der Waals surface area contributed by atoms with Crippen molar-refractivity contribution in [2.45, 2.75) is 110 Å². The van der Waals surface area contributed by atoms with E-state index in [1.54, 1.807) is 0 Å². The molecular weight excluding hydrogens is 624 g/mol. The van der Waals surface area contributed by atoms with Gasteiger partial charge in [0.2, 0.25) is 27.6 Å². The molecule has 4 fully saturated rings. The number of carbonyl (C=O) groups is 5. The predicted octanol–water partition coefficient (Wildman–Crippen LogP) is 1.45. The van der Waals surface area contributed by atoms with Crippen LogP contribution in [0.5, 0.6) is 0 Å². The van der Waals surface area contributed by atoms with E-state index in [2.05, 4.69) is 46.4 Å². The zero-order valence-corrected chi connectivity index (χ0v) is 29.7. The number of nitrogens with one attached hydrogen (secondary N) is 5. The average Bonchev–Trinajstić information content (AvgIpc) is 3.92. The first-order chi connectivity index (χ1) is 21.8. The van der Waals surface area contributed by atoms with Crippen molar-refractivity contribution in [2.24, 2.45) is 34.5 Å². The second-order valence-electron chi connectivity index (χ2n) is 15.9. The van der Waals surface area contributed by atoms with Gasteiger partial charge in [-0.1, -0.05) is 67.4 Å². The first-order valence-corrected chi connectivity index (χ1v) is 18.4. The molecule has 5 N–H and O–H groups in total. The van der Waals surface area contributed by atoms with Gasteiger partial charge in [-0.15, -0.1) is 6.58 Å². The van der Waals surface area contributed by atoms with Gasteiger partial charge in [-0.25, -0.2) is 17.9 Å². The highest BCUT2D eigenvalue weighted by molar-refractivity contribution is 7.90. The summed E-state index contributed by atoms with van der Waals surface area (Å²) in [6.45, 7) is 17.3. The third-order valence-electron chi connectivity index (χ3n) is 10.3. The number of carbonyl (C=O) groups excluding carboxylic acids is 5. The van der Waals surface area contributed by atoms with Crippen LogP contribution in [0, 0.1) is 34.5 Å². The number of rotatable bonds is 16. The lowest BCUT2D eigenvalue weighted by Crippen LogP contribution is -2.62. The number of ketones is 1. The van der Waals surface area contributed by atoms with Crippen LogP contribution in [0.3, 0.4) is 0 Å². The Labute approximate surface area is 279 Å². The number of amides is 5. The molecule has 3 saturated carbocycles. The number of likely N-dealkylation sites (tertiary alicyclic amines) is 1. The number of nitrogens with zero attached hydrogens (tertiary/aromatic N) is 1. The predicted molar refractivity (Wildman–Crippen MR) is 177 cm³/mol. The molecule has 1 unspecified atom stereocenters. The molecule has 47 heavy (non-hydrogen) atoms. The zero-order valence-electron chi connectivity index (χ0n) is 28.9. The Hall–Kier alpha value is -3.00. The van der Waals surface area contributed by atoms with Crippen LogP contribution < -0.4 is 26.0 Å². The van der Waals surface area contributed by atoms with Crippen molar-refractivity contribution in [3.05, 3.63) is 12.7 Å². The fourth-order valence-corrected chi connectivity index (χ4v) is 8.11. The fourth-order valence-electron chi connectivity index (χ4n) is 6.71. The Bertz CT molecular complexity index is 1370. The number of fused-ring (bicyclic) bond motifs is 1. The summed E-state index contributed by atoms with van der Waals surface area (Å²) in [4.78, 5) is 68.8. The summed E-state index contributed by atoms with van der Waals surface area (Å²) < 4.78 is 27.4. The Kier molecular flexibility index (Phi) is 10.9. The topological polar surface area (TPSA) is 183 Å². The Balaban J connectivity index is 1.48. The third kappa shape index (κ3) is 8.73. The van der Waals surface area contributed by atoms with Gasteiger partial charge >= 0.3 is 6.03 Å². The van der Waals surface area contributed by atoms with E-state index >= 15 is 0 Å². The molecule has 0 bridgehead atoms. The van der Waals surface area contributed by atoms with Crippen molar-refractivity contribution in [2.75, 3.05) is 19.6 Å². The summed E-state index contributed by atoms with van der Waals surface area (Å²) >= 11 is 0. The molecule has 4 aliphatic rings. The van der Waals surface area contributed by atoms with Crippen molar-refractivity contribution < 1.29 is 32.4 Å². The van der Waals surface area contributed by atoms with E-state index in [1.165, 1.54) is 11.0 Å². The third-order valence-corrected chi connectivity index (χ3v) is 12.2. The molecule has 0 aromatic heterocycles. The molecule has 14 heteroatoms. The van der Waals surface area contributed by atoms with Gasteiger partial charge in [0.25, 0.3) is 5.91 Å². The standard InChI is InChI=1S/C33H54N6O7S/c1-9-14-34-29(42)26(40)22(15-19-10-11-19)36-28(41)25-24-21(33(24,7)8)17-39(25)30(43)27(32(4,5)6)38-31(44)37-23(18(2)3)16-35-47(45,46)20-12-13-20/h9,18-25,27,35H,1,10-17H2,2-8H3,(H,34,42)(H,36,41)(H2,37,38,44)/t21-,22?,23+,24-,25-,27+/m0/s1. The molecule has 3 aliphatic carbocycles. The summed E-state index contributed by atoms with van der Waals surface area (Å²) in [6, 6.07) is -4.03. The largest absolute Gasteiger partial charge is 0.346 e. The highest BCUT2D eigenvalue weighted by Gasteiger charge is 2.70. The molecule has 1 heterocycles. The second kappa shape index (κ2) is 13.9. The van der Waals surface area contributed by atoms with Crippen molar-refractivity contribution in [1.29, 1.82) is 0 Å². The molecule has 0 aromatic carbocycles. The molecule has 0 radical (unpaired) electrons. The van der Waals surface area contributed by atoms with Gasteiger partial charge in [0, 0.05) is 25.7 Å². The number of hydrogen-bond acceptors (Lipinski definition) is 7. The summed E-state index contributed by atoms with van der Waals surface area (Å²) in [5.41, 5.74) is -0.942. The highest BCUT2D eigenvalue weighted by atomic mass is 32.2. The summed E-state index contributed by atoms with van der Waals surface area (Å²) in [5.74, 6) is -2.34. The van der Waals surface area contributed by atoms with E-state index in [0.717, 1.165) is 12.8 Å². The van der Waals surface area contributed by atoms with Crippen LogP contribution in [0.15, 0.2) is 12.7 Å². The minimum Gasteiger partial charge on any atom is -0.346 e. The van der Waals surface area contributed by atoms with Gasteiger partial charge < -0.3 is 26.2 Å². The Morgan fingerprint density at radius 2 is 1.64 bits per heavy atom. The van der Waals surface area contributed by atoms with Gasteiger partial charge in [-0.3, -0.25) is 19.2 Å². The number of urea groups is 1. The average molecular weight is 679 g/mol. The van der Waals surface area contributed by atoms with E-state index in [-0.39, 0.29) is 47.4 Å². The smallest absolute Gasteiger partial charge is 0.315 e. The zero-order chi connectivity index (χ0) is 35.1. The molecule has 1 saturated heterocycles. The maximum atomic E-state index is 14.3. The van der Waals surface area contributed by atoms with Gasteiger partial charge in [0.05, 0.1) is 11.3 Å². The number of piperidine rings is 1. The number of sulfonamides is 1. The van der Waals surface area contributed by atoms with Crippen molar-refractivity contribution in [3.8, 4) is 0 Å². The van der Waals surface area contributed by atoms with Crippen LogP contribution in [-0.2, 0) is 29.2 Å². The molecule has 0 spiro atoms. The normalized spacial score (nSPS) is 25.2. The Morgan fingerprint density at radius 1 is 1.00 bits per heavy atom. The van der Waals surface area contributed by atoms with Crippen molar-refractivity contribution in [1.82, 2.24) is 30.9 Å². The fraction of sp³-hybridized carbons (Fsp3) is 0.788. The second-order valence-corrected chi connectivity index (χ2v) is 17.9. The lowest BCUT2D eigenvalue weighted by molar-refractivity contribution is -0.145. The molecule has 6 atom stereocenters. The lowest BCUT2D eigenvalue weighted by Gasteiger charge is -2.38. The molecule has 0 aromatic rings. The molecular formula is C33H54N6O7S. The Morgan fingerprint density at radius 3 is 2.17 bits per heavy atom. The van der Waals surface area contributed by atoms with Gasteiger partial charge in [0.1, 0.15) is 12.1 Å². The summed E-state index contributed by atoms with van der Waals surface area (Å²) in [5, 5.41) is 10.6. The lowest BCUT2D eigenvalue weighted by atomic mass is 9.85. The van der Waals surface area contributed by atoms with Crippen molar-refractivity contribution in [3.63, 3.8) is 0 Å². The van der Waals surface area contributed by atoms with Crippen LogP contribution in [0.2, 0.25) is 0 Å². The number of hydrogen-bond donors (Lipinski definition) is 5. The maximum absolute atomic E-state index is 14.3. The first-order valence-electron chi connectivity index (χ1n) is 16.9. The maximum Gasteiger partial charge on any atom is 0.315 e. The van der Waals surface area contributed by atoms with Crippen LogP contribution in [0.1, 0.15) is 80.6 Å². The first kappa shape index (κ1) is 36.8. The van der Waals surface area contributed by atoms with Crippen LogP contribution in [0.25, 0.3) is 0 Å². The molecule has 4 rings (SSSR count). The van der Waals surface area contributed by atoms with E-state index < -0.39 is 69.1 Å². The molecule has 5 amide bonds. The van der Waals surface area contributed by atoms with Crippen molar-refractivity contribution >= 4 is 39.6 Å². The monoisotopic (exact) mass is 678 g/mol. The minimum atomic E-state index is -3.44. The molecule has 13 nitrogen and oxygen atoms in total. The van der Waals surface area contributed by atoms with Gasteiger partial charge in [0.15, 0.2) is 0 Å². The van der Waals surface area contributed by atoms with Crippen LogP contribution >= 0.6 is 0 Å². The van der Waals surface area contributed by atoms with Crippen LogP contribution in [0.4, 0.5) is 4.79 Å². The van der Waals surface area contributed by atoms with E-state index in [9.17, 15) is 32.4 Å². The van der Waals surface area contributed by atoms with Gasteiger partial charge in [-0.2, -0.15) is 0 Å². The minimum absolute atomic E-state index is 0.0250. The summed E-state index contributed by atoms with van der Waals surface area (Å²) in [7, 11) is -3.44. The number of Topliss-reactive ketones (excluding diaryl/α,β-unsaturated/α-hetero) is 1. The SMILES string of the molecule is C=CCNC(=O)C(=O)C(CC1CC1)NC(=O)[C@@H]1[C@@H]2[C@H](CN1C(=O)[C@@H](NC(=O)N[C@H](CNS(=O)(=O)C1CC1)C(C)C)C(C)(C)C)C2(C)C. The van der Waals surface area contributed by atoms with E-state index in [0.29, 0.717) is 25.8 Å².